The van der Waals surface area contributed by atoms with Gasteiger partial charge in [-0.3, -0.25) is 14.5 Å². The number of aromatic nitrogens is 2. The Balaban J connectivity index is 1.37. The Bertz CT molecular complexity index is 994. The molecule has 2 N–H and O–H groups in total. The molecule has 1 saturated heterocycles. The van der Waals surface area contributed by atoms with Gasteiger partial charge < -0.3 is 19.5 Å². The van der Waals surface area contributed by atoms with E-state index in [-0.39, 0.29) is 18.9 Å². The highest BCUT2D eigenvalue weighted by Crippen LogP contribution is 2.33. The zero-order valence-corrected chi connectivity index (χ0v) is 16.9. The summed E-state index contributed by atoms with van der Waals surface area (Å²) in [5, 5.41) is 22.7. The fourth-order valence-electron chi connectivity index (χ4n) is 3.85. The van der Waals surface area contributed by atoms with Gasteiger partial charge >= 0.3 is 11.9 Å². The molecule has 1 aromatic heterocycles. The van der Waals surface area contributed by atoms with E-state index in [1.165, 1.54) is 0 Å². The van der Waals surface area contributed by atoms with Gasteiger partial charge in [-0.2, -0.15) is 4.98 Å². The minimum Gasteiger partial charge on any atom is -0.493 e. The standard InChI is InChI=1S/C22H23N3O6/c1-14(17-3-2-12-30-17)19-23-18(24-31-19)16-6-4-15(5-7-16)13-25-10-8-22(9-11-25,20(26)27)21(28)29/h2,4-7,12,17H,1,3,8-11,13H2,(H,26,27)(H,28,29). The maximum Gasteiger partial charge on any atom is 0.321 e. The number of benzene rings is 1. The number of hydrogen-bond acceptors (Lipinski definition) is 7. The second-order valence-electron chi connectivity index (χ2n) is 7.85. The topological polar surface area (TPSA) is 126 Å². The van der Waals surface area contributed by atoms with E-state index in [1.54, 1.807) is 6.26 Å². The Morgan fingerprint density at radius 2 is 1.84 bits per heavy atom. The van der Waals surface area contributed by atoms with E-state index in [0.717, 1.165) is 17.5 Å². The number of hydrogen-bond donors (Lipinski definition) is 2. The molecule has 2 aromatic rings. The fourth-order valence-corrected chi connectivity index (χ4v) is 3.85. The smallest absolute Gasteiger partial charge is 0.321 e. The molecule has 9 heteroatoms. The molecule has 0 bridgehead atoms. The van der Waals surface area contributed by atoms with Gasteiger partial charge in [0.2, 0.25) is 5.82 Å². The van der Waals surface area contributed by atoms with Gasteiger partial charge in [0.1, 0.15) is 6.10 Å². The number of likely N-dealkylation sites (tertiary alicyclic amines) is 1. The SMILES string of the molecule is C=C(c1nc(-c2ccc(CN3CCC(C(=O)O)(C(=O)O)CC3)cc2)no1)C1CC=CO1. The van der Waals surface area contributed by atoms with Crippen molar-refractivity contribution < 1.29 is 29.1 Å². The van der Waals surface area contributed by atoms with Crippen molar-refractivity contribution in [3.8, 4) is 11.4 Å². The van der Waals surface area contributed by atoms with Crippen molar-refractivity contribution in [2.24, 2.45) is 5.41 Å². The van der Waals surface area contributed by atoms with Gasteiger partial charge in [-0.05, 0) is 24.5 Å². The van der Waals surface area contributed by atoms with Crippen LogP contribution >= 0.6 is 0 Å². The third-order valence-electron chi connectivity index (χ3n) is 5.93. The first kappa shape index (κ1) is 20.8. The van der Waals surface area contributed by atoms with Crippen molar-refractivity contribution in [1.29, 1.82) is 0 Å². The predicted octanol–water partition coefficient (Wildman–Crippen LogP) is 2.80. The van der Waals surface area contributed by atoms with Gasteiger partial charge in [-0.25, -0.2) is 0 Å². The molecular formula is C22H23N3O6. The average Bonchev–Trinajstić information content (AvgIpc) is 3.47. The van der Waals surface area contributed by atoms with Gasteiger partial charge in [0.25, 0.3) is 5.89 Å². The third-order valence-corrected chi connectivity index (χ3v) is 5.93. The Hall–Kier alpha value is -3.46. The van der Waals surface area contributed by atoms with Crippen LogP contribution < -0.4 is 0 Å². The van der Waals surface area contributed by atoms with Crippen LogP contribution in [0.3, 0.4) is 0 Å². The van der Waals surface area contributed by atoms with Crippen LogP contribution in [0.4, 0.5) is 0 Å². The Labute approximate surface area is 178 Å². The summed E-state index contributed by atoms with van der Waals surface area (Å²) in [6.07, 6.45) is 4.27. The number of carbonyl (C=O) groups is 2. The summed E-state index contributed by atoms with van der Waals surface area (Å²) in [7, 11) is 0. The summed E-state index contributed by atoms with van der Waals surface area (Å²) in [4.78, 5) is 29.4. The molecule has 2 aliphatic rings. The van der Waals surface area contributed by atoms with Crippen molar-refractivity contribution >= 4 is 17.5 Å². The lowest BCUT2D eigenvalue weighted by molar-refractivity contribution is -0.168. The molecule has 162 valence electrons. The molecule has 0 amide bonds. The number of piperidine rings is 1. The summed E-state index contributed by atoms with van der Waals surface area (Å²) in [6, 6.07) is 7.67. The van der Waals surface area contributed by atoms with Crippen LogP contribution in [-0.4, -0.2) is 56.4 Å². The first-order valence-electron chi connectivity index (χ1n) is 10.0. The highest BCUT2D eigenvalue weighted by Gasteiger charge is 2.48. The number of carboxylic acids is 2. The number of rotatable bonds is 7. The van der Waals surface area contributed by atoms with Crippen LogP contribution in [0.25, 0.3) is 17.0 Å². The summed E-state index contributed by atoms with van der Waals surface area (Å²) < 4.78 is 10.8. The normalized spacial score (nSPS) is 20.3. The molecule has 3 heterocycles. The van der Waals surface area contributed by atoms with Crippen molar-refractivity contribution in [1.82, 2.24) is 15.0 Å². The van der Waals surface area contributed by atoms with Gasteiger partial charge in [0.15, 0.2) is 5.41 Å². The first-order valence-corrected chi connectivity index (χ1v) is 10.0. The Morgan fingerprint density at radius 1 is 1.16 bits per heavy atom. The van der Waals surface area contributed by atoms with E-state index >= 15 is 0 Å². The fraction of sp³-hybridized carbons (Fsp3) is 0.364. The molecule has 2 aliphatic heterocycles. The molecule has 31 heavy (non-hydrogen) atoms. The molecular weight excluding hydrogens is 402 g/mol. The maximum absolute atomic E-state index is 11.4. The van der Waals surface area contributed by atoms with Gasteiger partial charge in [0, 0.05) is 31.6 Å². The Kier molecular flexibility index (Phi) is 5.60. The van der Waals surface area contributed by atoms with Gasteiger partial charge in [0.05, 0.1) is 11.8 Å². The van der Waals surface area contributed by atoms with E-state index in [4.69, 9.17) is 9.26 Å². The zero-order valence-electron chi connectivity index (χ0n) is 16.9. The molecule has 1 fully saturated rings. The highest BCUT2D eigenvalue weighted by molar-refractivity contribution is 5.98. The lowest BCUT2D eigenvalue weighted by Gasteiger charge is -2.36. The second-order valence-corrected chi connectivity index (χ2v) is 7.85. The molecule has 9 nitrogen and oxygen atoms in total. The van der Waals surface area contributed by atoms with Crippen molar-refractivity contribution in [3.63, 3.8) is 0 Å². The van der Waals surface area contributed by atoms with Crippen LogP contribution in [0, 0.1) is 5.41 Å². The van der Waals surface area contributed by atoms with E-state index < -0.39 is 17.4 Å². The summed E-state index contributed by atoms with van der Waals surface area (Å²) >= 11 is 0. The number of carboxylic acid groups (broad SMARTS) is 2. The summed E-state index contributed by atoms with van der Waals surface area (Å²) in [6.45, 7) is 5.41. The van der Waals surface area contributed by atoms with E-state index in [1.807, 2.05) is 30.3 Å². The molecule has 1 aromatic carbocycles. The van der Waals surface area contributed by atoms with E-state index in [9.17, 15) is 19.8 Å². The van der Waals surface area contributed by atoms with Crippen molar-refractivity contribution in [3.05, 3.63) is 54.6 Å². The maximum atomic E-state index is 11.4. The highest BCUT2D eigenvalue weighted by atomic mass is 16.5. The molecule has 0 saturated carbocycles. The monoisotopic (exact) mass is 425 g/mol. The first-order chi connectivity index (χ1) is 14.9. The molecule has 0 radical (unpaired) electrons. The average molecular weight is 425 g/mol. The number of aliphatic carboxylic acids is 2. The largest absolute Gasteiger partial charge is 0.493 e. The molecule has 0 aliphatic carbocycles. The minimum absolute atomic E-state index is 0.0888. The van der Waals surface area contributed by atoms with E-state index in [2.05, 4.69) is 21.6 Å². The van der Waals surface area contributed by atoms with Crippen molar-refractivity contribution in [2.75, 3.05) is 13.1 Å². The van der Waals surface area contributed by atoms with Crippen LogP contribution in [0.5, 0.6) is 0 Å². The number of ether oxygens (including phenoxy) is 1. The lowest BCUT2D eigenvalue weighted by Crippen LogP contribution is -2.48. The van der Waals surface area contributed by atoms with Gasteiger partial charge in [-0.15, -0.1) is 0 Å². The minimum atomic E-state index is -1.68. The Morgan fingerprint density at radius 3 is 2.42 bits per heavy atom. The van der Waals surface area contributed by atoms with Crippen molar-refractivity contribution in [2.45, 2.75) is 31.9 Å². The zero-order chi connectivity index (χ0) is 22.0. The van der Waals surface area contributed by atoms with Crippen LogP contribution in [0.15, 0.2) is 47.7 Å². The molecule has 0 spiro atoms. The lowest BCUT2D eigenvalue weighted by atomic mass is 9.78. The molecule has 1 atom stereocenters. The predicted molar refractivity (Wildman–Crippen MR) is 110 cm³/mol. The van der Waals surface area contributed by atoms with Crippen LogP contribution in [0.2, 0.25) is 0 Å². The molecule has 1 unspecified atom stereocenters. The quantitative estimate of drug-likeness (QED) is 0.644. The summed E-state index contributed by atoms with van der Waals surface area (Å²) in [5.41, 5.74) is 0.788. The van der Waals surface area contributed by atoms with Crippen LogP contribution in [0.1, 0.15) is 30.7 Å². The third kappa shape index (κ3) is 4.09. The summed E-state index contributed by atoms with van der Waals surface area (Å²) in [5.74, 6) is -1.72. The molecule has 4 rings (SSSR count). The van der Waals surface area contributed by atoms with E-state index in [0.29, 0.717) is 36.9 Å². The number of nitrogens with zero attached hydrogens (tertiary/aromatic N) is 3. The second kappa shape index (κ2) is 8.35. The van der Waals surface area contributed by atoms with Crippen LogP contribution in [-0.2, 0) is 20.9 Å². The van der Waals surface area contributed by atoms with Gasteiger partial charge in [-0.1, -0.05) is 36.0 Å².